The summed E-state index contributed by atoms with van der Waals surface area (Å²) in [5.74, 6) is -0.170. The summed E-state index contributed by atoms with van der Waals surface area (Å²) < 4.78 is 20.1. The fourth-order valence-electron chi connectivity index (χ4n) is 2.46. The highest BCUT2D eigenvalue weighted by atomic mass is 19.1. The Bertz CT molecular complexity index is 408. The highest BCUT2D eigenvalue weighted by molar-refractivity contribution is 5.29. The van der Waals surface area contributed by atoms with Crippen molar-refractivity contribution in [2.24, 2.45) is 0 Å². The molecular formula is C16H26FNO. The van der Waals surface area contributed by atoms with Crippen molar-refractivity contribution in [3.63, 3.8) is 0 Å². The van der Waals surface area contributed by atoms with Gasteiger partial charge in [0.05, 0.1) is 11.6 Å². The van der Waals surface area contributed by atoms with Gasteiger partial charge in [-0.1, -0.05) is 31.5 Å². The molecule has 1 rings (SSSR count). The maximum atomic E-state index is 14.2. The van der Waals surface area contributed by atoms with Crippen molar-refractivity contribution in [3.05, 3.63) is 35.1 Å². The summed E-state index contributed by atoms with van der Waals surface area (Å²) in [4.78, 5) is 0. The van der Waals surface area contributed by atoms with Crippen molar-refractivity contribution in [2.75, 3.05) is 13.2 Å². The predicted molar refractivity (Wildman–Crippen MR) is 77.9 cm³/mol. The molecule has 0 spiro atoms. The van der Waals surface area contributed by atoms with Gasteiger partial charge < -0.3 is 10.1 Å². The summed E-state index contributed by atoms with van der Waals surface area (Å²) in [6.07, 6.45) is 0.825. The highest BCUT2D eigenvalue weighted by Crippen LogP contribution is 2.34. The zero-order valence-electron chi connectivity index (χ0n) is 12.7. The first kappa shape index (κ1) is 16.1. The minimum Gasteiger partial charge on any atom is -0.374 e. The number of nitrogens with one attached hydrogen (secondary N) is 1. The molecule has 0 saturated heterocycles. The van der Waals surface area contributed by atoms with Crippen LogP contribution in [-0.2, 0) is 4.74 Å². The van der Waals surface area contributed by atoms with E-state index in [2.05, 4.69) is 12.2 Å². The van der Waals surface area contributed by atoms with E-state index in [1.807, 2.05) is 33.8 Å². The molecule has 0 fully saturated rings. The van der Waals surface area contributed by atoms with E-state index in [1.54, 1.807) is 6.07 Å². The third kappa shape index (κ3) is 3.77. The summed E-state index contributed by atoms with van der Waals surface area (Å²) >= 11 is 0. The van der Waals surface area contributed by atoms with E-state index < -0.39 is 5.60 Å². The second-order valence-electron chi connectivity index (χ2n) is 5.11. The van der Waals surface area contributed by atoms with Crippen LogP contribution in [0.1, 0.15) is 51.3 Å². The van der Waals surface area contributed by atoms with Crippen molar-refractivity contribution < 1.29 is 9.13 Å². The molecule has 0 radical (unpaired) electrons. The Hall–Kier alpha value is -0.930. The zero-order chi connectivity index (χ0) is 14.5. The summed E-state index contributed by atoms with van der Waals surface area (Å²) in [7, 11) is 0. The summed E-state index contributed by atoms with van der Waals surface area (Å²) in [5.41, 5.74) is 1.35. The molecule has 1 aromatic rings. The molecule has 0 aliphatic rings. The number of ether oxygens (including phenoxy) is 1. The number of halogens is 1. The van der Waals surface area contributed by atoms with Gasteiger partial charge in [0, 0.05) is 12.2 Å². The molecule has 108 valence electrons. The Balaban J connectivity index is 3.21. The van der Waals surface area contributed by atoms with E-state index in [0.29, 0.717) is 12.2 Å². The number of hydrogen-bond donors (Lipinski definition) is 1. The molecule has 0 heterocycles. The van der Waals surface area contributed by atoms with Crippen LogP contribution in [0.2, 0.25) is 0 Å². The Morgan fingerprint density at radius 1 is 1.32 bits per heavy atom. The van der Waals surface area contributed by atoms with E-state index in [0.717, 1.165) is 18.5 Å². The number of rotatable bonds is 7. The second-order valence-corrected chi connectivity index (χ2v) is 5.11. The maximum Gasteiger partial charge on any atom is 0.128 e. The average Bonchev–Trinajstić information content (AvgIpc) is 2.39. The third-order valence-corrected chi connectivity index (χ3v) is 3.66. The van der Waals surface area contributed by atoms with Crippen LogP contribution in [0, 0.1) is 12.7 Å². The molecule has 3 heteroatoms. The Morgan fingerprint density at radius 3 is 2.53 bits per heavy atom. The third-order valence-electron chi connectivity index (χ3n) is 3.66. The lowest BCUT2D eigenvalue weighted by atomic mass is 9.86. The normalized spacial score (nSPS) is 16.1. The fraction of sp³-hybridized carbons (Fsp3) is 0.625. The molecule has 0 aromatic heterocycles. The SMILES string of the molecule is CCNC(c1cc(C)ccc1F)C(C)(CC)OCC. The largest absolute Gasteiger partial charge is 0.374 e. The van der Waals surface area contributed by atoms with Gasteiger partial charge in [0.15, 0.2) is 0 Å². The van der Waals surface area contributed by atoms with Crippen LogP contribution >= 0.6 is 0 Å². The zero-order valence-corrected chi connectivity index (χ0v) is 12.7. The monoisotopic (exact) mass is 267 g/mol. The average molecular weight is 267 g/mol. The van der Waals surface area contributed by atoms with Crippen molar-refractivity contribution >= 4 is 0 Å². The van der Waals surface area contributed by atoms with E-state index in [1.165, 1.54) is 6.07 Å². The summed E-state index contributed by atoms with van der Waals surface area (Å²) in [6, 6.07) is 5.11. The number of aryl methyl sites for hydroxylation is 1. The van der Waals surface area contributed by atoms with Crippen LogP contribution in [-0.4, -0.2) is 18.8 Å². The molecule has 19 heavy (non-hydrogen) atoms. The summed E-state index contributed by atoms with van der Waals surface area (Å²) in [6.45, 7) is 11.5. The molecule has 2 nitrogen and oxygen atoms in total. The first-order chi connectivity index (χ1) is 8.98. The molecule has 0 aliphatic heterocycles. The van der Waals surface area contributed by atoms with E-state index in [-0.39, 0.29) is 11.9 Å². The number of hydrogen-bond acceptors (Lipinski definition) is 2. The van der Waals surface area contributed by atoms with Gasteiger partial charge in [-0.25, -0.2) is 4.39 Å². The first-order valence-electron chi connectivity index (χ1n) is 7.11. The van der Waals surface area contributed by atoms with Gasteiger partial charge in [-0.2, -0.15) is 0 Å². The fourth-order valence-corrected chi connectivity index (χ4v) is 2.46. The predicted octanol–water partition coefficient (Wildman–Crippen LogP) is 3.99. The van der Waals surface area contributed by atoms with Gasteiger partial charge in [-0.05, 0) is 39.8 Å². The lowest BCUT2D eigenvalue weighted by Gasteiger charge is -2.38. The standard InChI is InChI=1S/C16H26FNO/c1-6-16(5,19-8-3)15(18-7-2)13-11-12(4)9-10-14(13)17/h9-11,15,18H,6-8H2,1-5H3. The van der Waals surface area contributed by atoms with Crippen molar-refractivity contribution in [1.29, 1.82) is 0 Å². The Kier molecular flexibility index (Phi) is 5.95. The van der Waals surface area contributed by atoms with Crippen LogP contribution in [0.25, 0.3) is 0 Å². The van der Waals surface area contributed by atoms with E-state index in [9.17, 15) is 4.39 Å². The molecule has 2 unspecified atom stereocenters. The van der Waals surface area contributed by atoms with Crippen LogP contribution in [0.3, 0.4) is 0 Å². The molecule has 1 N–H and O–H groups in total. The van der Waals surface area contributed by atoms with Gasteiger partial charge in [0.2, 0.25) is 0 Å². The van der Waals surface area contributed by atoms with Gasteiger partial charge in [0.25, 0.3) is 0 Å². The van der Waals surface area contributed by atoms with Crippen LogP contribution in [0.5, 0.6) is 0 Å². The van der Waals surface area contributed by atoms with Gasteiger partial charge in [-0.3, -0.25) is 0 Å². The minimum atomic E-state index is -0.403. The lowest BCUT2D eigenvalue weighted by molar-refractivity contribution is -0.0567. The Labute approximate surface area is 116 Å². The topological polar surface area (TPSA) is 21.3 Å². The highest BCUT2D eigenvalue weighted by Gasteiger charge is 2.35. The van der Waals surface area contributed by atoms with Crippen LogP contribution < -0.4 is 5.32 Å². The van der Waals surface area contributed by atoms with Gasteiger partial charge in [-0.15, -0.1) is 0 Å². The molecule has 0 aliphatic carbocycles. The molecular weight excluding hydrogens is 241 g/mol. The Morgan fingerprint density at radius 2 is 2.00 bits per heavy atom. The minimum absolute atomic E-state index is 0.137. The first-order valence-corrected chi connectivity index (χ1v) is 7.11. The van der Waals surface area contributed by atoms with Crippen LogP contribution in [0.15, 0.2) is 18.2 Å². The second kappa shape index (κ2) is 7.01. The molecule has 0 bridgehead atoms. The molecule has 0 saturated carbocycles. The van der Waals surface area contributed by atoms with Gasteiger partial charge >= 0.3 is 0 Å². The van der Waals surface area contributed by atoms with Crippen LogP contribution in [0.4, 0.5) is 4.39 Å². The molecule has 0 amide bonds. The van der Waals surface area contributed by atoms with E-state index >= 15 is 0 Å². The van der Waals surface area contributed by atoms with Crippen molar-refractivity contribution in [3.8, 4) is 0 Å². The smallest absolute Gasteiger partial charge is 0.128 e. The number of benzene rings is 1. The quantitative estimate of drug-likeness (QED) is 0.806. The van der Waals surface area contributed by atoms with Crippen molar-refractivity contribution in [2.45, 2.75) is 52.7 Å². The molecule has 2 atom stereocenters. The summed E-state index contributed by atoms with van der Waals surface area (Å²) in [5, 5.41) is 3.38. The van der Waals surface area contributed by atoms with E-state index in [4.69, 9.17) is 4.74 Å². The number of likely N-dealkylation sites (N-methyl/N-ethyl adjacent to an activating group) is 1. The molecule has 1 aromatic carbocycles. The van der Waals surface area contributed by atoms with Crippen molar-refractivity contribution in [1.82, 2.24) is 5.32 Å². The lowest BCUT2D eigenvalue weighted by Crippen LogP contribution is -2.44. The maximum absolute atomic E-state index is 14.2. The van der Waals surface area contributed by atoms with Gasteiger partial charge in [0.1, 0.15) is 5.82 Å².